The first kappa shape index (κ1) is 18.8. The molecule has 0 aliphatic carbocycles. The van der Waals surface area contributed by atoms with E-state index in [4.69, 9.17) is 28.4 Å². The van der Waals surface area contributed by atoms with Crippen molar-refractivity contribution in [2.75, 3.05) is 6.26 Å². The summed E-state index contributed by atoms with van der Waals surface area (Å²) < 4.78 is 51.5. The minimum atomic E-state index is -4.60. The molecule has 130 valence electrons. The lowest BCUT2D eigenvalue weighted by molar-refractivity contribution is -0.137. The van der Waals surface area contributed by atoms with Crippen LogP contribution in [0.5, 0.6) is 0 Å². The lowest BCUT2D eigenvalue weighted by Crippen LogP contribution is -2.08. The minimum absolute atomic E-state index is 0.00752. The van der Waals surface area contributed by atoms with Crippen molar-refractivity contribution in [3.05, 3.63) is 39.1 Å². The molecule has 11 heteroatoms. The summed E-state index contributed by atoms with van der Waals surface area (Å²) in [5.41, 5.74) is -0.562. The second kappa shape index (κ2) is 6.73. The Morgan fingerprint density at radius 3 is 2.29 bits per heavy atom. The Bertz CT molecular complexity index is 827. The van der Waals surface area contributed by atoms with Crippen LogP contribution in [0.25, 0.3) is 5.69 Å². The van der Waals surface area contributed by atoms with E-state index in [0.29, 0.717) is 5.69 Å². The number of alkyl halides is 3. The van der Waals surface area contributed by atoms with Gasteiger partial charge in [0.15, 0.2) is 0 Å². The fourth-order valence-corrected chi connectivity index (χ4v) is 3.69. The predicted molar refractivity (Wildman–Crippen MR) is 85.0 cm³/mol. The third-order valence-electron chi connectivity index (χ3n) is 3.11. The van der Waals surface area contributed by atoms with Gasteiger partial charge in [0, 0.05) is 6.26 Å². The number of halogens is 5. The van der Waals surface area contributed by atoms with Crippen molar-refractivity contribution in [1.82, 2.24) is 9.78 Å². The SMILES string of the molecule is Cc1c(S(C)=O)c(/C=N/O)nn1-c1c(Cl)cc(C(F)(F)F)cc1Cl. The van der Waals surface area contributed by atoms with Crippen molar-refractivity contribution in [1.29, 1.82) is 0 Å². The number of nitrogens with zero attached hydrogens (tertiary/aromatic N) is 3. The van der Waals surface area contributed by atoms with Gasteiger partial charge >= 0.3 is 6.18 Å². The van der Waals surface area contributed by atoms with E-state index in [-0.39, 0.29) is 26.3 Å². The van der Waals surface area contributed by atoms with Crippen LogP contribution >= 0.6 is 23.2 Å². The minimum Gasteiger partial charge on any atom is -0.411 e. The molecule has 1 atom stereocenters. The monoisotopic (exact) mass is 399 g/mol. The van der Waals surface area contributed by atoms with Crippen LogP contribution in [0, 0.1) is 6.92 Å². The van der Waals surface area contributed by atoms with E-state index in [1.807, 2.05) is 0 Å². The van der Waals surface area contributed by atoms with Gasteiger partial charge in [-0.2, -0.15) is 18.3 Å². The Morgan fingerprint density at radius 2 is 1.88 bits per heavy atom. The molecule has 0 saturated heterocycles. The first-order chi connectivity index (χ1) is 11.1. The molecule has 1 N–H and O–H groups in total. The van der Waals surface area contributed by atoms with Crippen LogP contribution in [0.3, 0.4) is 0 Å². The summed E-state index contributed by atoms with van der Waals surface area (Å²) in [5.74, 6) is 0. The summed E-state index contributed by atoms with van der Waals surface area (Å²) in [6, 6.07) is 1.46. The Hall–Kier alpha value is -1.58. The zero-order valence-electron chi connectivity index (χ0n) is 12.2. The molecule has 5 nitrogen and oxygen atoms in total. The van der Waals surface area contributed by atoms with Crippen molar-refractivity contribution in [3.8, 4) is 5.69 Å². The molecule has 0 saturated carbocycles. The van der Waals surface area contributed by atoms with Crippen LogP contribution in [0.2, 0.25) is 10.0 Å². The average molecular weight is 400 g/mol. The Balaban J connectivity index is 2.74. The van der Waals surface area contributed by atoms with Gasteiger partial charge in [-0.25, -0.2) is 4.68 Å². The Kier molecular flexibility index (Phi) is 5.26. The van der Waals surface area contributed by atoms with Crippen LogP contribution in [0.15, 0.2) is 22.2 Å². The quantitative estimate of drug-likeness (QED) is 0.480. The molecule has 0 amide bonds. The second-order valence-corrected chi connectivity index (χ2v) is 6.83. The molecule has 2 aromatic rings. The van der Waals surface area contributed by atoms with Crippen LogP contribution < -0.4 is 0 Å². The van der Waals surface area contributed by atoms with E-state index in [2.05, 4.69) is 10.3 Å². The van der Waals surface area contributed by atoms with Crippen LogP contribution in [-0.2, 0) is 17.0 Å². The molecule has 24 heavy (non-hydrogen) atoms. The molecular weight excluding hydrogens is 390 g/mol. The first-order valence-electron chi connectivity index (χ1n) is 6.25. The van der Waals surface area contributed by atoms with Gasteiger partial charge < -0.3 is 5.21 Å². The molecule has 1 aromatic carbocycles. The third kappa shape index (κ3) is 3.42. The largest absolute Gasteiger partial charge is 0.416 e. The highest BCUT2D eigenvalue weighted by Gasteiger charge is 2.32. The van der Waals surface area contributed by atoms with Crippen molar-refractivity contribution < 1.29 is 22.6 Å². The average Bonchev–Trinajstić information content (AvgIpc) is 2.74. The van der Waals surface area contributed by atoms with E-state index in [0.717, 1.165) is 18.3 Å². The van der Waals surface area contributed by atoms with Crippen LogP contribution in [-0.4, -0.2) is 31.7 Å². The van der Waals surface area contributed by atoms with Crippen molar-refractivity contribution in [2.45, 2.75) is 18.0 Å². The smallest absolute Gasteiger partial charge is 0.411 e. The highest BCUT2D eigenvalue weighted by molar-refractivity contribution is 7.84. The van der Waals surface area contributed by atoms with E-state index in [1.165, 1.54) is 10.9 Å². The van der Waals surface area contributed by atoms with Crippen LogP contribution in [0.1, 0.15) is 17.0 Å². The van der Waals surface area contributed by atoms with Gasteiger partial charge in [-0.05, 0) is 19.1 Å². The number of benzene rings is 1. The lowest BCUT2D eigenvalue weighted by Gasteiger charge is -2.13. The highest BCUT2D eigenvalue weighted by atomic mass is 35.5. The number of hydrogen-bond acceptors (Lipinski definition) is 4. The molecule has 0 aliphatic rings. The van der Waals surface area contributed by atoms with Gasteiger partial charge in [-0.3, -0.25) is 4.21 Å². The van der Waals surface area contributed by atoms with Gasteiger partial charge in [0.2, 0.25) is 0 Å². The molecular formula is C13H10Cl2F3N3O2S. The summed E-state index contributed by atoms with van der Waals surface area (Å²) in [4.78, 5) is 0.250. The maximum Gasteiger partial charge on any atom is 0.416 e. The standard InChI is InChI=1S/C13H10Cl2F3N3O2S/c1-6-12(24(2)23)10(5-19-22)20-21(6)11-8(14)3-7(4-9(11)15)13(16,17)18/h3-5,22H,1-2H3/b19-5+. The van der Waals surface area contributed by atoms with Gasteiger partial charge in [0.05, 0.1) is 43.2 Å². The molecule has 0 fully saturated rings. The van der Waals surface area contributed by atoms with Gasteiger partial charge in [0.25, 0.3) is 0 Å². The first-order valence-corrected chi connectivity index (χ1v) is 8.56. The van der Waals surface area contributed by atoms with Gasteiger partial charge in [-0.1, -0.05) is 28.4 Å². The number of hydrogen-bond donors (Lipinski definition) is 1. The van der Waals surface area contributed by atoms with E-state index in [1.54, 1.807) is 6.92 Å². The summed E-state index contributed by atoms with van der Waals surface area (Å²) in [5, 5.41) is 15.0. The molecule has 0 radical (unpaired) electrons. The highest BCUT2D eigenvalue weighted by Crippen LogP contribution is 2.38. The molecule has 1 heterocycles. The molecule has 0 spiro atoms. The maximum absolute atomic E-state index is 12.8. The van der Waals surface area contributed by atoms with Crippen molar-refractivity contribution in [3.63, 3.8) is 0 Å². The van der Waals surface area contributed by atoms with Crippen LogP contribution in [0.4, 0.5) is 13.2 Å². The second-order valence-electron chi connectivity index (χ2n) is 4.70. The summed E-state index contributed by atoms with van der Waals surface area (Å²) >= 11 is 11.9. The number of aromatic nitrogens is 2. The summed E-state index contributed by atoms with van der Waals surface area (Å²) in [7, 11) is -1.49. The Morgan fingerprint density at radius 1 is 1.33 bits per heavy atom. The molecule has 2 rings (SSSR count). The molecule has 1 aromatic heterocycles. The van der Waals surface area contributed by atoms with Gasteiger partial charge in [-0.15, -0.1) is 0 Å². The van der Waals surface area contributed by atoms with E-state index < -0.39 is 22.5 Å². The van der Waals surface area contributed by atoms with E-state index >= 15 is 0 Å². The molecule has 1 unspecified atom stereocenters. The van der Waals surface area contributed by atoms with Gasteiger partial charge in [0.1, 0.15) is 11.4 Å². The molecule has 0 aliphatic heterocycles. The molecule has 0 bridgehead atoms. The third-order valence-corrected chi connectivity index (χ3v) is 4.77. The summed E-state index contributed by atoms with van der Waals surface area (Å²) in [6.45, 7) is 1.54. The Labute approximate surface area is 147 Å². The maximum atomic E-state index is 12.8. The van der Waals surface area contributed by atoms with Crippen molar-refractivity contribution >= 4 is 40.2 Å². The number of rotatable bonds is 3. The normalized spacial score (nSPS) is 13.6. The predicted octanol–water partition coefficient (Wildman–Crippen LogP) is 4.05. The summed E-state index contributed by atoms with van der Waals surface area (Å²) in [6.07, 6.45) is -2.25. The van der Waals surface area contributed by atoms with Crippen molar-refractivity contribution in [2.24, 2.45) is 5.16 Å². The number of oxime groups is 1. The fraction of sp³-hybridized carbons (Fsp3) is 0.231. The zero-order valence-corrected chi connectivity index (χ0v) is 14.6. The van der Waals surface area contributed by atoms with E-state index in [9.17, 15) is 17.4 Å². The zero-order chi connectivity index (χ0) is 18.2. The fourth-order valence-electron chi connectivity index (χ4n) is 2.15. The lowest BCUT2D eigenvalue weighted by atomic mass is 10.2. The topological polar surface area (TPSA) is 67.5 Å².